The number of aliphatic hydroxyl groups excluding tert-OH is 1. The lowest BCUT2D eigenvalue weighted by molar-refractivity contribution is -0.191. The molecule has 0 bridgehead atoms. The number of carbonyl (C=O) groups is 1. The molecule has 1 saturated heterocycles. The van der Waals surface area contributed by atoms with E-state index in [0.29, 0.717) is 5.39 Å². The molecule has 12 nitrogen and oxygen atoms in total. The zero-order valence-corrected chi connectivity index (χ0v) is 25.4. The van der Waals surface area contributed by atoms with Crippen LogP contribution in [0.25, 0.3) is 21.9 Å². The number of benzene rings is 2. The number of nitrogens with two attached hydrogens (primary N) is 1. The highest BCUT2D eigenvalue weighted by Crippen LogP contribution is 2.51. The molecular weight excluding hydrogens is 624 g/mol. The average Bonchev–Trinajstić information content (AvgIpc) is 3.52. The lowest BCUT2D eigenvalue weighted by Gasteiger charge is -2.34. The SMILES string of the molecule is CC(C)OC(=O)[C@H](C)NP(=S)(OC[C@@]1(C(F)F)O[C@@H](n2cnc3c(N)ncnc32)[C@@H](F)[C@@H]1O)Oc1cccc2ccccc12. The monoisotopic (exact) mass is 654 g/mol. The average molecular weight is 655 g/mol. The van der Waals surface area contributed by atoms with Crippen molar-refractivity contribution >= 4 is 52.2 Å². The van der Waals surface area contributed by atoms with Crippen LogP contribution in [-0.2, 0) is 30.6 Å². The van der Waals surface area contributed by atoms with E-state index in [1.165, 1.54) is 6.92 Å². The summed E-state index contributed by atoms with van der Waals surface area (Å²) in [6, 6.07) is 11.2. The molecule has 0 saturated carbocycles. The van der Waals surface area contributed by atoms with Crippen molar-refractivity contribution in [1.29, 1.82) is 0 Å². The highest BCUT2D eigenvalue weighted by atomic mass is 32.5. The number of aromatic nitrogens is 4. The van der Waals surface area contributed by atoms with E-state index in [-0.39, 0.29) is 22.7 Å². The third-order valence-corrected chi connectivity index (χ3v) is 9.40. The van der Waals surface area contributed by atoms with Crippen LogP contribution in [0.3, 0.4) is 0 Å². The Morgan fingerprint density at radius 2 is 1.93 bits per heavy atom. The van der Waals surface area contributed by atoms with Crippen LogP contribution in [0.5, 0.6) is 5.75 Å². The second kappa shape index (κ2) is 12.5. The topological polar surface area (TPSA) is 156 Å². The minimum absolute atomic E-state index is 0.00639. The van der Waals surface area contributed by atoms with E-state index >= 15 is 4.39 Å². The molecule has 3 heterocycles. The Bertz CT molecular complexity index is 1710. The molecule has 4 N–H and O–H groups in total. The summed E-state index contributed by atoms with van der Waals surface area (Å²) in [5.74, 6) is -0.475. The van der Waals surface area contributed by atoms with E-state index in [2.05, 4.69) is 20.0 Å². The fourth-order valence-electron chi connectivity index (χ4n) is 4.72. The first kappa shape index (κ1) is 32.0. The van der Waals surface area contributed by atoms with E-state index in [4.69, 9.17) is 36.1 Å². The van der Waals surface area contributed by atoms with Crippen LogP contribution < -0.4 is 15.3 Å². The minimum atomic E-state index is -3.93. The molecule has 17 heteroatoms. The van der Waals surface area contributed by atoms with Crippen molar-refractivity contribution in [1.82, 2.24) is 24.6 Å². The van der Waals surface area contributed by atoms with Crippen molar-refractivity contribution < 1.29 is 41.6 Å². The van der Waals surface area contributed by atoms with E-state index in [1.54, 1.807) is 38.1 Å². The second-order valence-electron chi connectivity index (χ2n) is 10.4. The Morgan fingerprint density at radius 3 is 2.66 bits per heavy atom. The van der Waals surface area contributed by atoms with Crippen LogP contribution in [0.15, 0.2) is 55.1 Å². The van der Waals surface area contributed by atoms with E-state index in [9.17, 15) is 18.7 Å². The van der Waals surface area contributed by atoms with E-state index < -0.39 is 61.9 Å². The molecule has 2 aromatic carbocycles. The number of nitrogens with one attached hydrogen (secondary N) is 1. The number of hydrogen-bond acceptors (Lipinski definition) is 11. The predicted octanol–water partition coefficient (Wildman–Crippen LogP) is 4.04. The summed E-state index contributed by atoms with van der Waals surface area (Å²) in [4.78, 5) is 24.5. The Hall–Kier alpha value is -3.40. The minimum Gasteiger partial charge on any atom is -0.462 e. The van der Waals surface area contributed by atoms with Gasteiger partial charge in [-0.1, -0.05) is 36.4 Å². The first-order valence-corrected chi connectivity index (χ1v) is 16.1. The zero-order valence-electron chi connectivity index (χ0n) is 23.7. The third-order valence-electron chi connectivity index (χ3n) is 6.93. The molecule has 0 spiro atoms. The fraction of sp³-hybridized carbons (Fsp3) is 0.407. The van der Waals surface area contributed by atoms with Crippen LogP contribution in [-0.4, -0.2) is 73.6 Å². The van der Waals surface area contributed by atoms with Gasteiger partial charge in [0.2, 0.25) is 0 Å². The number of ether oxygens (including phenoxy) is 2. The lowest BCUT2D eigenvalue weighted by Crippen LogP contribution is -2.52. The summed E-state index contributed by atoms with van der Waals surface area (Å²) in [6.07, 6.45) is -8.26. The maximum Gasteiger partial charge on any atom is 0.323 e. The lowest BCUT2D eigenvalue weighted by atomic mass is 9.97. The molecule has 0 aliphatic carbocycles. The first-order valence-electron chi connectivity index (χ1n) is 13.5. The molecule has 5 rings (SSSR count). The molecule has 1 aliphatic heterocycles. The molecule has 44 heavy (non-hydrogen) atoms. The summed E-state index contributed by atoms with van der Waals surface area (Å²) in [7, 11) is 0. The number of alkyl halides is 3. The highest BCUT2D eigenvalue weighted by Gasteiger charge is 2.62. The second-order valence-corrected chi connectivity index (χ2v) is 13.5. The number of fused-ring (bicyclic) bond motifs is 2. The Labute approximate surface area is 254 Å². The molecule has 1 unspecified atom stereocenters. The number of anilines is 1. The summed E-state index contributed by atoms with van der Waals surface area (Å²) in [5, 5.41) is 15.1. The summed E-state index contributed by atoms with van der Waals surface area (Å²) in [6.45, 7) is -0.292. The number of aliphatic hydroxyl groups is 1. The van der Waals surface area contributed by atoms with Gasteiger partial charge in [-0.2, -0.15) is 0 Å². The third kappa shape index (κ3) is 6.10. The predicted molar refractivity (Wildman–Crippen MR) is 158 cm³/mol. The molecular formula is C27H30F3N6O6PS. The number of halogens is 3. The van der Waals surface area contributed by atoms with Gasteiger partial charge in [0.25, 0.3) is 6.43 Å². The molecule has 1 fully saturated rings. The molecule has 2 aromatic heterocycles. The summed E-state index contributed by atoms with van der Waals surface area (Å²) >= 11 is 5.71. The standard InChI is InChI=1S/C27H30F3N6O6PS/c1-14(2)40-25(38)15(3)35-43(44,42-18-10-6-8-16-7-4-5-9-17(16)18)39-11-27(26(29)30)21(37)19(28)24(41-27)36-13-34-20-22(31)32-12-33-23(20)36/h4-10,12-15,19,21,24,26,37H,11H2,1-3H3,(H,35,44)(H2,31,32,33)/t15-,19-,21-,24+,27+,43?/m0/s1. The normalized spacial score (nSPS) is 24.2. The van der Waals surface area contributed by atoms with Gasteiger partial charge in [-0.05, 0) is 44.0 Å². The van der Waals surface area contributed by atoms with Crippen LogP contribution in [0.1, 0.15) is 27.0 Å². The zero-order chi connectivity index (χ0) is 31.8. The van der Waals surface area contributed by atoms with Gasteiger partial charge in [-0.15, -0.1) is 0 Å². The molecule has 0 amide bonds. The van der Waals surface area contributed by atoms with Gasteiger partial charge in [-0.25, -0.2) is 33.2 Å². The molecule has 6 atom stereocenters. The number of carbonyl (C=O) groups excluding carboxylic acids is 1. The number of rotatable bonds is 11. The molecule has 1 aliphatic rings. The Balaban J connectivity index is 1.47. The van der Waals surface area contributed by atoms with E-state index in [1.807, 2.05) is 18.2 Å². The highest BCUT2D eigenvalue weighted by molar-refractivity contribution is 8.09. The molecule has 4 aromatic rings. The molecule has 0 radical (unpaired) electrons. The largest absolute Gasteiger partial charge is 0.462 e. The number of nitrogens with zero attached hydrogens (tertiary/aromatic N) is 4. The number of hydrogen-bond donors (Lipinski definition) is 3. The van der Waals surface area contributed by atoms with Gasteiger partial charge in [0, 0.05) is 5.39 Å². The van der Waals surface area contributed by atoms with Crippen LogP contribution >= 0.6 is 6.64 Å². The summed E-state index contributed by atoms with van der Waals surface area (Å²) < 4.78 is 69.0. The van der Waals surface area contributed by atoms with Crippen molar-refractivity contribution in [2.75, 3.05) is 12.3 Å². The van der Waals surface area contributed by atoms with E-state index in [0.717, 1.165) is 22.6 Å². The molecule has 236 valence electrons. The maximum absolute atomic E-state index is 15.6. The first-order chi connectivity index (χ1) is 20.8. The summed E-state index contributed by atoms with van der Waals surface area (Å²) in [5.41, 5.74) is 2.99. The van der Waals surface area contributed by atoms with Gasteiger partial charge in [0.1, 0.15) is 29.7 Å². The van der Waals surface area contributed by atoms with Gasteiger partial charge in [0.05, 0.1) is 19.0 Å². The Kier molecular flexibility index (Phi) is 9.12. The number of nitrogen functional groups attached to an aromatic ring is 1. The van der Waals surface area contributed by atoms with Crippen molar-refractivity contribution in [2.45, 2.75) is 63.4 Å². The maximum atomic E-state index is 15.6. The number of esters is 1. The van der Waals surface area contributed by atoms with Crippen molar-refractivity contribution in [3.63, 3.8) is 0 Å². The Morgan fingerprint density at radius 1 is 1.20 bits per heavy atom. The van der Waals surface area contributed by atoms with Gasteiger partial charge >= 0.3 is 12.6 Å². The van der Waals surface area contributed by atoms with Crippen LogP contribution in [0.4, 0.5) is 19.0 Å². The van der Waals surface area contributed by atoms with Gasteiger partial charge < -0.3 is 29.4 Å². The van der Waals surface area contributed by atoms with Crippen molar-refractivity contribution in [3.8, 4) is 5.75 Å². The van der Waals surface area contributed by atoms with Crippen LogP contribution in [0.2, 0.25) is 0 Å². The van der Waals surface area contributed by atoms with Gasteiger partial charge in [0.15, 0.2) is 29.5 Å². The fourth-order valence-corrected chi connectivity index (χ4v) is 7.14. The van der Waals surface area contributed by atoms with Crippen molar-refractivity contribution in [3.05, 3.63) is 55.1 Å². The smallest absolute Gasteiger partial charge is 0.323 e. The van der Waals surface area contributed by atoms with Gasteiger partial charge in [-0.3, -0.25) is 9.36 Å². The number of imidazole rings is 1. The van der Waals surface area contributed by atoms with Crippen LogP contribution in [0, 0.1) is 0 Å². The van der Waals surface area contributed by atoms with Crippen molar-refractivity contribution in [2.24, 2.45) is 0 Å². The quantitative estimate of drug-likeness (QED) is 0.158.